The van der Waals surface area contributed by atoms with Gasteiger partial charge in [-0.05, 0) is 31.2 Å². The fourth-order valence-corrected chi connectivity index (χ4v) is 2.89. The summed E-state index contributed by atoms with van der Waals surface area (Å²) in [4.78, 5) is 12.3. The lowest BCUT2D eigenvalue weighted by atomic mass is 9.84. The van der Waals surface area contributed by atoms with Crippen molar-refractivity contribution in [2.45, 2.75) is 51.0 Å². The molecule has 0 spiro atoms. The van der Waals surface area contributed by atoms with Crippen LogP contribution in [-0.4, -0.2) is 11.9 Å². The first-order valence-corrected chi connectivity index (χ1v) is 7.47. The van der Waals surface area contributed by atoms with Gasteiger partial charge < -0.3 is 5.32 Å². The summed E-state index contributed by atoms with van der Waals surface area (Å²) in [6.07, 6.45) is 5.71. The third kappa shape index (κ3) is 3.60. The normalized spacial score (nSPS) is 18.8. The number of carbonyl (C=O) groups is 1. The Labute approximate surface area is 121 Å². The lowest BCUT2D eigenvalue weighted by Crippen LogP contribution is -2.41. The molecule has 1 fully saturated rings. The zero-order valence-electron chi connectivity index (χ0n) is 12.0. The van der Waals surface area contributed by atoms with Crippen LogP contribution in [0.4, 0.5) is 0 Å². The summed E-state index contributed by atoms with van der Waals surface area (Å²) in [6.45, 7) is 1.89. The Kier molecular flexibility index (Phi) is 5.17. The van der Waals surface area contributed by atoms with Crippen LogP contribution in [0.25, 0.3) is 0 Å². The van der Waals surface area contributed by atoms with Crippen molar-refractivity contribution in [2.24, 2.45) is 5.92 Å². The van der Waals surface area contributed by atoms with Crippen LogP contribution in [0.1, 0.15) is 50.5 Å². The molecule has 0 aliphatic heterocycles. The van der Waals surface area contributed by atoms with Crippen LogP contribution in [0.5, 0.6) is 0 Å². The van der Waals surface area contributed by atoms with E-state index in [1.165, 1.54) is 19.3 Å². The van der Waals surface area contributed by atoms with Gasteiger partial charge in [-0.2, -0.15) is 5.26 Å². The summed E-state index contributed by atoms with van der Waals surface area (Å²) in [7, 11) is 0. The van der Waals surface area contributed by atoms with Crippen molar-refractivity contribution in [3.8, 4) is 6.07 Å². The SMILES string of the molecule is CC(C(=O)NC(C#N)C1CCCCC1)c1ccccc1. The van der Waals surface area contributed by atoms with E-state index in [0.29, 0.717) is 5.92 Å². The lowest BCUT2D eigenvalue weighted by molar-refractivity contribution is -0.123. The third-order valence-electron chi connectivity index (χ3n) is 4.25. The van der Waals surface area contributed by atoms with Crippen molar-refractivity contribution in [3.63, 3.8) is 0 Å². The van der Waals surface area contributed by atoms with E-state index in [4.69, 9.17) is 0 Å². The Balaban J connectivity index is 1.97. The highest BCUT2D eigenvalue weighted by molar-refractivity contribution is 5.83. The maximum Gasteiger partial charge on any atom is 0.228 e. The van der Waals surface area contributed by atoms with Gasteiger partial charge in [0.15, 0.2) is 0 Å². The van der Waals surface area contributed by atoms with Crippen molar-refractivity contribution >= 4 is 5.91 Å². The minimum atomic E-state index is -0.339. The molecule has 0 radical (unpaired) electrons. The Bertz CT molecular complexity index is 472. The highest BCUT2D eigenvalue weighted by Crippen LogP contribution is 2.26. The van der Waals surface area contributed by atoms with E-state index in [2.05, 4.69) is 11.4 Å². The lowest BCUT2D eigenvalue weighted by Gasteiger charge is -2.27. The van der Waals surface area contributed by atoms with Crippen molar-refractivity contribution in [2.75, 3.05) is 0 Å². The first-order valence-electron chi connectivity index (χ1n) is 7.47. The molecular weight excluding hydrogens is 248 g/mol. The second-order valence-corrected chi connectivity index (χ2v) is 5.65. The molecule has 1 N–H and O–H groups in total. The summed E-state index contributed by atoms with van der Waals surface area (Å²) in [6, 6.07) is 11.6. The molecule has 1 aromatic rings. The minimum absolute atomic E-state index is 0.0478. The topological polar surface area (TPSA) is 52.9 Å². The smallest absolute Gasteiger partial charge is 0.228 e. The monoisotopic (exact) mass is 270 g/mol. The molecule has 1 aromatic carbocycles. The van der Waals surface area contributed by atoms with Gasteiger partial charge in [-0.25, -0.2) is 0 Å². The number of carbonyl (C=O) groups excluding carboxylic acids is 1. The molecule has 0 aromatic heterocycles. The van der Waals surface area contributed by atoms with Crippen LogP contribution in [-0.2, 0) is 4.79 Å². The molecule has 20 heavy (non-hydrogen) atoms. The highest BCUT2D eigenvalue weighted by Gasteiger charge is 2.26. The molecule has 0 saturated heterocycles. The van der Waals surface area contributed by atoms with E-state index >= 15 is 0 Å². The molecule has 2 unspecified atom stereocenters. The Hall–Kier alpha value is -1.82. The number of rotatable bonds is 4. The molecule has 2 atom stereocenters. The van der Waals surface area contributed by atoms with Crippen molar-refractivity contribution in [3.05, 3.63) is 35.9 Å². The zero-order chi connectivity index (χ0) is 14.4. The number of hydrogen-bond donors (Lipinski definition) is 1. The number of nitriles is 1. The van der Waals surface area contributed by atoms with Gasteiger partial charge in [-0.1, -0.05) is 49.6 Å². The maximum atomic E-state index is 12.3. The largest absolute Gasteiger partial charge is 0.340 e. The number of nitrogens with one attached hydrogen (secondary N) is 1. The van der Waals surface area contributed by atoms with E-state index in [0.717, 1.165) is 18.4 Å². The molecule has 3 heteroatoms. The number of nitrogens with zero attached hydrogens (tertiary/aromatic N) is 1. The predicted molar refractivity (Wildman–Crippen MR) is 79.0 cm³/mol. The van der Waals surface area contributed by atoms with E-state index in [-0.39, 0.29) is 17.9 Å². The van der Waals surface area contributed by atoms with Crippen LogP contribution < -0.4 is 5.32 Å². The average molecular weight is 270 g/mol. The summed E-state index contributed by atoms with van der Waals surface area (Å²) in [5.74, 6) is 0.0598. The number of benzene rings is 1. The Morgan fingerprint density at radius 3 is 2.50 bits per heavy atom. The molecule has 1 aliphatic carbocycles. The highest BCUT2D eigenvalue weighted by atomic mass is 16.1. The quantitative estimate of drug-likeness (QED) is 0.912. The summed E-state index contributed by atoms with van der Waals surface area (Å²) in [5, 5.41) is 12.2. The van der Waals surface area contributed by atoms with Gasteiger partial charge in [0.25, 0.3) is 0 Å². The van der Waals surface area contributed by atoms with Crippen LogP contribution in [0.2, 0.25) is 0 Å². The molecule has 1 aliphatic rings. The van der Waals surface area contributed by atoms with Crippen molar-refractivity contribution in [1.29, 1.82) is 5.26 Å². The van der Waals surface area contributed by atoms with E-state index in [1.54, 1.807) is 0 Å². The zero-order valence-corrected chi connectivity index (χ0v) is 12.0. The van der Waals surface area contributed by atoms with Gasteiger partial charge in [0.05, 0.1) is 12.0 Å². The maximum absolute atomic E-state index is 12.3. The summed E-state index contributed by atoms with van der Waals surface area (Å²) < 4.78 is 0. The molecule has 0 heterocycles. The Morgan fingerprint density at radius 2 is 1.90 bits per heavy atom. The van der Waals surface area contributed by atoms with Gasteiger partial charge >= 0.3 is 0 Å². The van der Waals surface area contributed by atoms with E-state index in [1.807, 2.05) is 37.3 Å². The van der Waals surface area contributed by atoms with Gasteiger partial charge in [0.1, 0.15) is 6.04 Å². The molecule has 1 amide bonds. The van der Waals surface area contributed by atoms with Crippen LogP contribution in [0.3, 0.4) is 0 Å². The summed E-state index contributed by atoms with van der Waals surface area (Å²) >= 11 is 0. The Morgan fingerprint density at radius 1 is 1.25 bits per heavy atom. The van der Waals surface area contributed by atoms with Gasteiger partial charge in [0, 0.05) is 0 Å². The van der Waals surface area contributed by atoms with Crippen LogP contribution in [0.15, 0.2) is 30.3 Å². The third-order valence-corrected chi connectivity index (χ3v) is 4.25. The molecule has 1 saturated carbocycles. The van der Waals surface area contributed by atoms with Crippen molar-refractivity contribution < 1.29 is 4.79 Å². The number of hydrogen-bond acceptors (Lipinski definition) is 2. The molecule has 3 nitrogen and oxygen atoms in total. The van der Waals surface area contributed by atoms with Crippen LogP contribution in [0, 0.1) is 17.2 Å². The predicted octanol–water partition coefficient (Wildman–Crippen LogP) is 3.38. The first-order chi connectivity index (χ1) is 9.72. The summed E-state index contributed by atoms with van der Waals surface area (Å²) in [5.41, 5.74) is 0.991. The van der Waals surface area contributed by atoms with E-state index < -0.39 is 0 Å². The van der Waals surface area contributed by atoms with Gasteiger partial charge in [0.2, 0.25) is 5.91 Å². The standard InChI is InChI=1S/C17H22N2O/c1-13(14-8-4-2-5-9-14)17(20)19-16(12-18)15-10-6-3-7-11-15/h2,4-5,8-9,13,15-16H,3,6-7,10-11H2,1H3,(H,19,20). The first kappa shape index (κ1) is 14.6. The minimum Gasteiger partial charge on any atom is -0.340 e. The second kappa shape index (κ2) is 7.09. The average Bonchev–Trinajstić information content (AvgIpc) is 2.53. The van der Waals surface area contributed by atoms with Gasteiger partial charge in [-0.3, -0.25) is 4.79 Å². The molecule has 2 rings (SSSR count). The fraction of sp³-hybridized carbons (Fsp3) is 0.529. The second-order valence-electron chi connectivity index (χ2n) is 5.65. The van der Waals surface area contributed by atoms with Crippen molar-refractivity contribution in [1.82, 2.24) is 5.32 Å². The molecule has 106 valence electrons. The van der Waals surface area contributed by atoms with Gasteiger partial charge in [-0.15, -0.1) is 0 Å². The van der Waals surface area contributed by atoms with Crippen LogP contribution >= 0.6 is 0 Å². The molecule has 0 bridgehead atoms. The fourth-order valence-electron chi connectivity index (χ4n) is 2.89. The van der Waals surface area contributed by atoms with E-state index in [9.17, 15) is 10.1 Å². The molecular formula is C17H22N2O. The number of amides is 1.